The molecular weight excluding hydrogens is 564 g/mol. The van der Waals surface area contributed by atoms with Crippen molar-refractivity contribution in [1.82, 2.24) is 0 Å². The summed E-state index contributed by atoms with van der Waals surface area (Å²) in [5.41, 5.74) is -2.63. The fraction of sp³-hybridized carbons (Fsp3) is 0.444. The summed E-state index contributed by atoms with van der Waals surface area (Å²) in [5, 5.41) is 114. The van der Waals surface area contributed by atoms with Crippen molar-refractivity contribution < 1.29 is 70.1 Å². The number of benzene rings is 2. The van der Waals surface area contributed by atoms with Crippen LogP contribution in [0.2, 0.25) is 0 Å². The van der Waals surface area contributed by atoms with Crippen molar-refractivity contribution in [3.8, 4) is 28.4 Å². The molecule has 3 aromatic rings. The summed E-state index contributed by atoms with van der Waals surface area (Å²) in [6.07, 6.45) is -17.2. The number of phenols is 3. The van der Waals surface area contributed by atoms with E-state index >= 15 is 0 Å². The lowest BCUT2D eigenvalue weighted by Crippen LogP contribution is -2.55. The van der Waals surface area contributed by atoms with E-state index in [-0.39, 0.29) is 16.9 Å². The third kappa shape index (κ3) is 4.69. The first-order chi connectivity index (χ1) is 19.9. The maximum absolute atomic E-state index is 13.8. The van der Waals surface area contributed by atoms with Crippen molar-refractivity contribution >= 4 is 11.0 Å². The number of aliphatic hydroxyl groups excluding tert-OH is 8. The summed E-state index contributed by atoms with van der Waals surface area (Å²) in [7, 11) is 0. The van der Waals surface area contributed by atoms with Crippen molar-refractivity contribution in [2.75, 3.05) is 13.2 Å². The molecule has 42 heavy (non-hydrogen) atoms. The monoisotopic (exact) mass is 594 g/mol. The molecule has 2 fully saturated rings. The van der Waals surface area contributed by atoms with Crippen molar-refractivity contribution in [1.29, 1.82) is 0 Å². The number of hydrogen-bond acceptors (Lipinski definition) is 15. The highest BCUT2D eigenvalue weighted by atomic mass is 16.6. The minimum absolute atomic E-state index is 0.105. The number of aromatic hydroxyl groups is 3. The van der Waals surface area contributed by atoms with E-state index in [9.17, 15) is 61.0 Å². The quantitative estimate of drug-likeness (QED) is 0.147. The molecule has 10 atom stereocenters. The number of rotatable bonds is 5. The zero-order valence-electron chi connectivity index (χ0n) is 21.6. The first kappa shape index (κ1) is 30.1. The van der Waals surface area contributed by atoms with E-state index in [0.717, 1.165) is 6.26 Å². The van der Waals surface area contributed by atoms with E-state index in [2.05, 4.69) is 0 Å². The highest BCUT2D eigenvalue weighted by Crippen LogP contribution is 2.50. The molecule has 5 rings (SSSR count). The molecule has 0 amide bonds. The van der Waals surface area contributed by atoms with Gasteiger partial charge >= 0.3 is 0 Å². The Morgan fingerprint density at radius 1 is 0.643 bits per heavy atom. The summed E-state index contributed by atoms with van der Waals surface area (Å²) in [6.45, 7) is -1.70. The van der Waals surface area contributed by atoms with Gasteiger partial charge in [-0.3, -0.25) is 4.79 Å². The van der Waals surface area contributed by atoms with Gasteiger partial charge in [0.2, 0.25) is 5.43 Å². The third-order valence-corrected chi connectivity index (χ3v) is 7.77. The van der Waals surface area contributed by atoms with Crippen molar-refractivity contribution in [3.63, 3.8) is 0 Å². The smallest absolute Gasteiger partial charge is 0.204 e. The van der Waals surface area contributed by atoms with E-state index in [4.69, 9.17) is 13.9 Å². The Balaban J connectivity index is 1.82. The van der Waals surface area contributed by atoms with E-state index < -0.39 is 113 Å². The normalized spacial score (nSPS) is 33.6. The van der Waals surface area contributed by atoms with Crippen molar-refractivity contribution in [2.24, 2.45) is 0 Å². The van der Waals surface area contributed by atoms with Gasteiger partial charge in [0.1, 0.15) is 89.9 Å². The Kier molecular flexibility index (Phi) is 8.16. The zero-order valence-corrected chi connectivity index (χ0v) is 21.6. The molecule has 0 spiro atoms. The minimum atomic E-state index is -2.04. The molecule has 0 unspecified atom stereocenters. The van der Waals surface area contributed by atoms with E-state index in [1.54, 1.807) is 0 Å². The Bertz CT molecular complexity index is 1500. The molecule has 2 saturated heterocycles. The average Bonchev–Trinajstić information content (AvgIpc) is 2.97. The summed E-state index contributed by atoms with van der Waals surface area (Å²) >= 11 is 0. The van der Waals surface area contributed by atoms with Gasteiger partial charge in [-0.1, -0.05) is 12.1 Å². The molecule has 2 aliphatic heterocycles. The second-order valence-electron chi connectivity index (χ2n) is 10.3. The van der Waals surface area contributed by atoms with Crippen LogP contribution in [0.4, 0.5) is 0 Å². The molecule has 15 heteroatoms. The van der Waals surface area contributed by atoms with Gasteiger partial charge in [0.05, 0.1) is 29.9 Å². The fourth-order valence-electron chi connectivity index (χ4n) is 5.43. The predicted molar refractivity (Wildman–Crippen MR) is 138 cm³/mol. The number of aliphatic hydroxyl groups is 8. The highest BCUT2D eigenvalue weighted by molar-refractivity contribution is 5.93. The topological polar surface area (TPSA) is 271 Å². The van der Waals surface area contributed by atoms with Crippen LogP contribution in [0.25, 0.3) is 22.1 Å². The maximum atomic E-state index is 13.8. The van der Waals surface area contributed by atoms with Gasteiger partial charge in [-0.15, -0.1) is 0 Å². The van der Waals surface area contributed by atoms with Crippen LogP contribution in [0.1, 0.15) is 23.3 Å². The Hall–Kier alpha value is -3.35. The van der Waals surface area contributed by atoms with Crippen LogP contribution in [0, 0.1) is 0 Å². The van der Waals surface area contributed by atoms with E-state index in [1.165, 1.54) is 24.3 Å². The highest BCUT2D eigenvalue weighted by Gasteiger charge is 2.50. The summed E-state index contributed by atoms with van der Waals surface area (Å²) < 4.78 is 16.8. The molecule has 11 N–H and O–H groups in total. The predicted octanol–water partition coefficient (Wildman–Crippen LogP) is -2.39. The second kappa shape index (κ2) is 11.4. The van der Waals surface area contributed by atoms with Crippen LogP contribution in [0.3, 0.4) is 0 Å². The van der Waals surface area contributed by atoms with Gasteiger partial charge in [-0.05, 0) is 17.7 Å². The number of fused-ring (bicyclic) bond motifs is 1. The van der Waals surface area contributed by atoms with E-state index in [0.29, 0.717) is 0 Å². The Morgan fingerprint density at radius 2 is 1.14 bits per heavy atom. The minimum Gasteiger partial charge on any atom is -0.508 e. The SMILES string of the molecule is O=c1c(-c2ccc(O)cc2)coc2c([C@@H]3O[C@H](CO)[C@H](O)[C@H](O)[C@@H]3O)c(O)c([C@@H]3O[C@H](CO)[C@H](O)[C@H](O)[C@H]3O)c(O)c12. The summed E-state index contributed by atoms with van der Waals surface area (Å²) in [6, 6.07) is 5.33. The first-order valence-corrected chi connectivity index (χ1v) is 12.9. The Labute approximate surface area is 235 Å². The molecule has 0 radical (unpaired) electrons. The third-order valence-electron chi connectivity index (χ3n) is 7.77. The standard InChI is InChI=1S/C27H30O15/c28-5-11-17(32)21(36)23(38)26(41-11)14-19(34)13-16(31)10(8-1-3-9(30)4-2-8)7-40-25(13)15(20(14)35)27-24(39)22(37)18(33)12(6-29)42-27/h1-4,7,11-12,17-18,21-24,26-30,32-39H,5-6H2/t11-,12-,17+,18+,21+,22+,23-,24+,26+,27+/m1/s1. The van der Waals surface area contributed by atoms with Gasteiger partial charge < -0.3 is 70.1 Å². The van der Waals surface area contributed by atoms with Gasteiger partial charge in [-0.2, -0.15) is 0 Å². The molecule has 0 bridgehead atoms. The fourth-order valence-corrected chi connectivity index (χ4v) is 5.43. The van der Waals surface area contributed by atoms with Crippen molar-refractivity contribution in [2.45, 2.75) is 61.0 Å². The number of hydrogen-bond donors (Lipinski definition) is 11. The van der Waals surface area contributed by atoms with Crippen LogP contribution in [-0.2, 0) is 9.47 Å². The lowest BCUT2D eigenvalue weighted by atomic mass is 9.85. The van der Waals surface area contributed by atoms with Crippen LogP contribution < -0.4 is 5.43 Å². The number of ether oxygens (including phenoxy) is 2. The lowest BCUT2D eigenvalue weighted by molar-refractivity contribution is -0.234. The van der Waals surface area contributed by atoms with E-state index in [1.807, 2.05) is 0 Å². The van der Waals surface area contributed by atoms with Gasteiger partial charge in [0.25, 0.3) is 0 Å². The van der Waals surface area contributed by atoms with Crippen LogP contribution >= 0.6 is 0 Å². The zero-order chi connectivity index (χ0) is 30.6. The number of phenolic OH excluding ortho intramolecular Hbond substituents is 3. The Morgan fingerprint density at radius 3 is 1.64 bits per heavy atom. The van der Waals surface area contributed by atoms with Gasteiger partial charge in [0, 0.05) is 0 Å². The van der Waals surface area contributed by atoms with Gasteiger partial charge in [0.15, 0.2) is 5.58 Å². The van der Waals surface area contributed by atoms with Crippen molar-refractivity contribution in [3.05, 3.63) is 51.9 Å². The largest absolute Gasteiger partial charge is 0.508 e. The second-order valence-corrected chi connectivity index (χ2v) is 10.3. The molecule has 0 aliphatic carbocycles. The van der Waals surface area contributed by atoms with Crippen LogP contribution in [0.5, 0.6) is 17.2 Å². The molecule has 3 heterocycles. The molecule has 228 valence electrons. The molecule has 15 nitrogen and oxygen atoms in total. The molecular formula is C27H30O15. The molecule has 1 aromatic heterocycles. The maximum Gasteiger partial charge on any atom is 0.204 e. The molecule has 2 aromatic carbocycles. The molecule has 2 aliphatic rings. The summed E-state index contributed by atoms with van der Waals surface area (Å²) in [5.74, 6) is -2.09. The molecule has 0 saturated carbocycles. The van der Waals surface area contributed by atoms with Crippen LogP contribution in [0.15, 0.2) is 39.7 Å². The lowest BCUT2D eigenvalue weighted by Gasteiger charge is -2.42. The van der Waals surface area contributed by atoms with Crippen LogP contribution in [-0.4, -0.2) is 118 Å². The first-order valence-electron chi connectivity index (χ1n) is 12.9. The van der Waals surface area contributed by atoms with Gasteiger partial charge in [-0.25, -0.2) is 0 Å². The average molecular weight is 595 g/mol. The summed E-state index contributed by atoms with van der Waals surface area (Å²) in [4.78, 5) is 13.8.